The molecule has 0 saturated carbocycles. The Hall–Kier alpha value is -3.14. The van der Waals surface area contributed by atoms with E-state index in [4.69, 9.17) is 4.74 Å². The highest BCUT2D eigenvalue weighted by Crippen LogP contribution is 2.33. The zero-order valence-corrected chi connectivity index (χ0v) is 16.5. The van der Waals surface area contributed by atoms with Gasteiger partial charge in [0.2, 0.25) is 15.9 Å². The van der Waals surface area contributed by atoms with Crippen LogP contribution in [0.1, 0.15) is 18.5 Å². The lowest BCUT2D eigenvalue weighted by Crippen LogP contribution is -2.41. The number of ether oxygens (including phenoxy) is 1. The van der Waals surface area contributed by atoms with Gasteiger partial charge in [-0.2, -0.15) is 0 Å². The van der Waals surface area contributed by atoms with Crippen molar-refractivity contribution < 1.29 is 22.9 Å². The molecule has 2 aromatic rings. The molecule has 0 spiro atoms. The van der Waals surface area contributed by atoms with Gasteiger partial charge >= 0.3 is 0 Å². The van der Waals surface area contributed by atoms with Crippen molar-refractivity contribution in [3.63, 3.8) is 0 Å². The second-order valence-corrected chi connectivity index (χ2v) is 7.99. The van der Waals surface area contributed by atoms with Gasteiger partial charge in [-0.05, 0) is 18.6 Å². The van der Waals surface area contributed by atoms with E-state index in [1.54, 1.807) is 6.92 Å². The van der Waals surface area contributed by atoms with Crippen LogP contribution in [-0.4, -0.2) is 39.2 Å². The molecular formula is C18H21N3O6S. The number of benzene rings is 2. The molecule has 0 radical (unpaired) electrons. The fourth-order valence-corrected chi connectivity index (χ4v) is 3.46. The molecule has 1 N–H and O–H groups in total. The van der Waals surface area contributed by atoms with Crippen LogP contribution in [0.3, 0.4) is 0 Å². The van der Waals surface area contributed by atoms with Crippen molar-refractivity contribution in [1.29, 1.82) is 0 Å². The van der Waals surface area contributed by atoms with E-state index >= 15 is 0 Å². The van der Waals surface area contributed by atoms with Gasteiger partial charge in [-0.3, -0.25) is 19.2 Å². The van der Waals surface area contributed by atoms with Gasteiger partial charge in [-0.15, -0.1) is 0 Å². The number of sulfonamides is 1. The smallest absolute Gasteiger partial charge is 0.271 e. The van der Waals surface area contributed by atoms with E-state index in [1.807, 2.05) is 30.3 Å². The number of anilines is 1. The molecule has 28 heavy (non-hydrogen) atoms. The van der Waals surface area contributed by atoms with Crippen LogP contribution in [0.4, 0.5) is 11.4 Å². The standard InChI is InChI=1S/C18H21N3O6S/c1-13(14-7-5-4-6-8-14)19-18(22)12-20(28(3,25)26)16-11-15(21(23)24)9-10-17(16)27-2/h4-11,13H,12H2,1-3H3,(H,19,22)/t13-/m0/s1. The Morgan fingerprint density at radius 1 is 1.25 bits per heavy atom. The Labute approximate surface area is 163 Å². The molecule has 10 heteroatoms. The molecule has 0 aliphatic carbocycles. The van der Waals surface area contributed by atoms with Crippen molar-refractivity contribution in [3.8, 4) is 5.75 Å². The number of nitro groups is 1. The summed E-state index contributed by atoms with van der Waals surface area (Å²) < 4.78 is 30.5. The first-order valence-electron chi connectivity index (χ1n) is 8.28. The summed E-state index contributed by atoms with van der Waals surface area (Å²) in [6.07, 6.45) is 0.916. The minimum atomic E-state index is -3.92. The SMILES string of the molecule is COc1ccc([N+](=O)[O-])cc1N(CC(=O)N[C@@H](C)c1ccccc1)S(C)(=O)=O. The molecule has 1 amide bonds. The third-order valence-electron chi connectivity index (χ3n) is 4.01. The lowest BCUT2D eigenvalue weighted by molar-refractivity contribution is -0.384. The number of methoxy groups -OCH3 is 1. The summed E-state index contributed by atoms with van der Waals surface area (Å²) in [6, 6.07) is 12.4. The zero-order chi connectivity index (χ0) is 20.9. The Morgan fingerprint density at radius 3 is 2.43 bits per heavy atom. The maximum Gasteiger partial charge on any atom is 0.271 e. The van der Waals surface area contributed by atoms with Crippen LogP contribution in [0.15, 0.2) is 48.5 Å². The van der Waals surface area contributed by atoms with Gasteiger partial charge < -0.3 is 10.1 Å². The molecule has 0 aliphatic rings. The fraction of sp³-hybridized carbons (Fsp3) is 0.278. The molecule has 2 rings (SSSR count). The van der Waals surface area contributed by atoms with Gasteiger partial charge in [-0.25, -0.2) is 8.42 Å². The summed E-state index contributed by atoms with van der Waals surface area (Å²) in [4.78, 5) is 22.9. The van der Waals surface area contributed by atoms with Gasteiger partial charge in [-0.1, -0.05) is 30.3 Å². The third-order valence-corrected chi connectivity index (χ3v) is 5.13. The molecule has 0 bridgehead atoms. The lowest BCUT2D eigenvalue weighted by Gasteiger charge is -2.24. The topological polar surface area (TPSA) is 119 Å². The molecule has 0 aromatic heterocycles. The van der Waals surface area contributed by atoms with Crippen molar-refractivity contribution in [3.05, 3.63) is 64.2 Å². The predicted octanol–water partition coefficient (Wildman–Crippen LogP) is 2.25. The van der Waals surface area contributed by atoms with Crippen LogP contribution in [0.5, 0.6) is 5.75 Å². The molecular weight excluding hydrogens is 386 g/mol. The van der Waals surface area contributed by atoms with Crippen LogP contribution in [0.2, 0.25) is 0 Å². The number of nitrogens with zero attached hydrogens (tertiary/aromatic N) is 2. The van der Waals surface area contributed by atoms with Crippen LogP contribution >= 0.6 is 0 Å². The number of nitro benzene ring substituents is 1. The normalized spacial score (nSPS) is 12.1. The average Bonchev–Trinajstić information content (AvgIpc) is 2.65. The maximum atomic E-state index is 12.5. The van der Waals surface area contributed by atoms with E-state index in [1.165, 1.54) is 19.2 Å². The van der Waals surface area contributed by atoms with Crippen LogP contribution < -0.4 is 14.4 Å². The molecule has 2 aromatic carbocycles. The van der Waals surface area contributed by atoms with Crippen LogP contribution in [0, 0.1) is 10.1 Å². The second-order valence-electron chi connectivity index (χ2n) is 6.08. The number of nitrogens with one attached hydrogen (secondary N) is 1. The molecule has 9 nitrogen and oxygen atoms in total. The van der Waals surface area contributed by atoms with Crippen molar-refractivity contribution in [2.45, 2.75) is 13.0 Å². The first kappa shape index (κ1) is 21.2. The molecule has 0 unspecified atom stereocenters. The largest absolute Gasteiger partial charge is 0.495 e. The highest BCUT2D eigenvalue weighted by molar-refractivity contribution is 7.92. The van der Waals surface area contributed by atoms with Crippen molar-refractivity contribution in [2.75, 3.05) is 24.2 Å². The number of carbonyl (C=O) groups excluding carboxylic acids is 1. The minimum absolute atomic E-state index is 0.0817. The monoisotopic (exact) mass is 407 g/mol. The average molecular weight is 407 g/mol. The van der Waals surface area contributed by atoms with E-state index in [9.17, 15) is 23.3 Å². The summed E-state index contributed by atoms with van der Waals surface area (Å²) in [6.45, 7) is 1.22. The highest BCUT2D eigenvalue weighted by Gasteiger charge is 2.26. The number of amides is 1. The van der Waals surface area contributed by atoms with E-state index in [0.717, 1.165) is 22.2 Å². The maximum absolute atomic E-state index is 12.5. The molecule has 0 fully saturated rings. The Morgan fingerprint density at radius 2 is 1.89 bits per heavy atom. The number of rotatable bonds is 8. The lowest BCUT2D eigenvalue weighted by atomic mass is 10.1. The number of hydrogen-bond donors (Lipinski definition) is 1. The Bertz CT molecular complexity index is 963. The van der Waals surface area contributed by atoms with Crippen molar-refractivity contribution in [2.24, 2.45) is 0 Å². The number of non-ortho nitro benzene ring substituents is 1. The van der Waals surface area contributed by atoms with Crippen LogP contribution in [0.25, 0.3) is 0 Å². The minimum Gasteiger partial charge on any atom is -0.495 e. The highest BCUT2D eigenvalue weighted by atomic mass is 32.2. The predicted molar refractivity (Wildman–Crippen MR) is 105 cm³/mol. The Balaban J connectivity index is 2.31. The van der Waals surface area contributed by atoms with E-state index in [-0.39, 0.29) is 23.2 Å². The Kier molecular flexibility index (Phi) is 6.57. The number of carbonyl (C=O) groups is 1. The van der Waals surface area contributed by atoms with Gasteiger partial charge in [0, 0.05) is 12.1 Å². The molecule has 0 aliphatic heterocycles. The fourth-order valence-electron chi connectivity index (χ4n) is 2.61. The van der Waals surface area contributed by atoms with Gasteiger partial charge in [0.05, 0.1) is 24.3 Å². The van der Waals surface area contributed by atoms with Crippen molar-refractivity contribution in [1.82, 2.24) is 5.32 Å². The van der Waals surface area contributed by atoms with Gasteiger partial charge in [0.25, 0.3) is 5.69 Å². The zero-order valence-electron chi connectivity index (χ0n) is 15.7. The second kappa shape index (κ2) is 8.70. The van der Waals surface area contributed by atoms with Crippen LogP contribution in [-0.2, 0) is 14.8 Å². The summed E-state index contributed by atoms with van der Waals surface area (Å²) in [5, 5.41) is 13.8. The number of hydrogen-bond acceptors (Lipinski definition) is 6. The van der Waals surface area contributed by atoms with E-state index < -0.39 is 27.4 Å². The third kappa shape index (κ3) is 5.19. The summed E-state index contributed by atoms with van der Waals surface area (Å²) in [5.74, 6) is -0.463. The van der Waals surface area contributed by atoms with Gasteiger partial charge in [0.15, 0.2) is 0 Å². The quantitative estimate of drug-likeness (QED) is 0.529. The van der Waals surface area contributed by atoms with E-state index in [2.05, 4.69) is 5.32 Å². The molecule has 0 heterocycles. The summed E-state index contributed by atoms with van der Waals surface area (Å²) >= 11 is 0. The van der Waals surface area contributed by atoms with Crippen molar-refractivity contribution >= 4 is 27.3 Å². The molecule has 150 valence electrons. The summed E-state index contributed by atoms with van der Waals surface area (Å²) in [5.41, 5.74) is 0.457. The molecule has 0 saturated heterocycles. The molecule has 1 atom stereocenters. The van der Waals surface area contributed by atoms with Gasteiger partial charge in [0.1, 0.15) is 18.0 Å². The van der Waals surface area contributed by atoms with E-state index in [0.29, 0.717) is 0 Å². The first-order valence-corrected chi connectivity index (χ1v) is 10.1. The summed E-state index contributed by atoms with van der Waals surface area (Å²) in [7, 11) is -2.61. The first-order chi connectivity index (χ1) is 13.1.